The molecule has 0 saturated carbocycles. The van der Waals surface area contributed by atoms with Crippen molar-refractivity contribution >= 4 is 43.6 Å². The van der Waals surface area contributed by atoms with E-state index in [0.29, 0.717) is 5.92 Å². The van der Waals surface area contributed by atoms with E-state index in [1.54, 1.807) is 0 Å². The van der Waals surface area contributed by atoms with Crippen LogP contribution in [-0.4, -0.2) is 4.98 Å². The van der Waals surface area contributed by atoms with E-state index in [1.165, 1.54) is 16.3 Å². The molecule has 0 radical (unpaired) electrons. The minimum atomic E-state index is 0.423. The fourth-order valence-corrected chi connectivity index (χ4v) is 4.57. The van der Waals surface area contributed by atoms with Crippen LogP contribution in [0.15, 0.2) is 89.3 Å². The van der Waals surface area contributed by atoms with E-state index in [1.807, 2.05) is 24.3 Å². The SMILES string of the molecule is CC(C)c1cc(-c2nc3ccccc3c3oc4ccccc4c23)cc2ccccc12. The molecule has 0 saturated heterocycles. The van der Waals surface area contributed by atoms with Crippen LogP contribution in [0, 0.1) is 0 Å². The molecule has 0 unspecified atom stereocenters. The summed E-state index contributed by atoms with van der Waals surface area (Å²) in [6, 6.07) is 29.7. The second-order valence-corrected chi connectivity index (χ2v) is 8.22. The van der Waals surface area contributed by atoms with E-state index in [9.17, 15) is 0 Å². The summed E-state index contributed by atoms with van der Waals surface area (Å²) >= 11 is 0. The predicted octanol–water partition coefficient (Wildman–Crippen LogP) is 8.08. The normalized spacial score (nSPS) is 12.0. The molecule has 0 N–H and O–H groups in total. The predicted molar refractivity (Wildman–Crippen MR) is 126 cm³/mol. The van der Waals surface area contributed by atoms with Crippen LogP contribution in [0.25, 0.3) is 54.9 Å². The van der Waals surface area contributed by atoms with Crippen molar-refractivity contribution in [1.82, 2.24) is 4.98 Å². The summed E-state index contributed by atoms with van der Waals surface area (Å²) in [5, 5.41) is 5.81. The van der Waals surface area contributed by atoms with Gasteiger partial charge in [0.25, 0.3) is 0 Å². The zero-order valence-electron chi connectivity index (χ0n) is 17.0. The second kappa shape index (κ2) is 6.43. The zero-order chi connectivity index (χ0) is 20.2. The number of pyridine rings is 1. The Bertz CT molecular complexity index is 1570. The highest BCUT2D eigenvalue weighted by Crippen LogP contribution is 2.41. The van der Waals surface area contributed by atoms with Crippen molar-refractivity contribution in [2.24, 2.45) is 0 Å². The Morgan fingerprint density at radius 2 is 1.43 bits per heavy atom. The number of nitrogens with zero attached hydrogens (tertiary/aromatic N) is 1. The van der Waals surface area contributed by atoms with E-state index in [-0.39, 0.29) is 0 Å². The second-order valence-electron chi connectivity index (χ2n) is 8.22. The van der Waals surface area contributed by atoms with Gasteiger partial charge in [-0.15, -0.1) is 0 Å². The molecule has 0 amide bonds. The Hall–Kier alpha value is -3.65. The fourth-order valence-electron chi connectivity index (χ4n) is 4.57. The summed E-state index contributed by atoms with van der Waals surface area (Å²) in [6.45, 7) is 4.50. The topological polar surface area (TPSA) is 26.0 Å². The van der Waals surface area contributed by atoms with Gasteiger partial charge in [0.2, 0.25) is 0 Å². The Labute approximate surface area is 174 Å². The molecule has 0 atom stereocenters. The Kier molecular flexibility index (Phi) is 3.69. The molecule has 2 heteroatoms. The number of hydrogen-bond acceptors (Lipinski definition) is 2. The van der Waals surface area contributed by atoms with Crippen molar-refractivity contribution in [3.63, 3.8) is 0 Å². The maximum Gasteiger partial charge on any atom is 0.147 e. The number of benzene rings is 4. The maximum atomic E-state index is 6.35. The van der Waals surface area contributed by atoms with E-state index in [4.69, 9.17) is 9.40 Å². The molecule has 0 aliphatic rings. The first kappa shape index (κ1) is 17.2. The molecular weight excluding hydrogens is 366 g/mol. The Morgan fingerprint density at radius 3 is 2.27 bits per heavy atom. The first-order chi connectivity index (χ1) is 14.7. The molecule has 0 spiro atoms. The zero-order valence-corrected chi connectivity index (χ0v) is 17.0. The van der Waals surface area contributed by atoms with Crippen molar-refractivity contribution in [2.75, 3.05) is 0 Å². The van der Waals surface area contributed by atoms with Crippen LogP contribution in [0.4, 0.5) is 0 Å². The third kappa shape index (κ3) is 2.47. The minimum absolute atomic E-state index is 0.423. The van der Waals surface area contributed by atoms with Gasteiger partial charge in [0.05, 0.1) is 16.6 Å². The molecular formula is C28H21NO. The first-order valence-electron chi connectivity index (χ1n) is 10.4. The lowest BCUT2D eigenvalue weighted by Gasteiger charge is -2.14. The van der Waals surface area contributed by atoms with Crippen molar-refractivity contribution in [1.29, 1.82) is 0 Å². The van der Waals surface area contributed by atoms with Gasteiger partial charge in [-0.05, 0) is 52.6 Å². The minimum Gasteiger partial charge on any atom is -0.455 e. The number of para-hydroxylation sites is 2. The van der Waals surface area contributed by atoms with Crippen LogP contribution in [0.1, 0.15) is 25.3 Å². The van der Waals surface area contributed by atoms with Crippen LogP contribution in [0.5, 0.6) is 0 Å². The average Bonchev–Trinajstić information content (AvgIpc) is 3.17. The smallest absolute Gasteiger partial charge is 0.147 e. The van der Waals surface area contributed by atoms with E-state index >= 15 is 0 Å². The number of aromatic nitrogens is 1. The monoisotopic (exact) mass is 387 g/mol. The lowest BCUT2D eigenvalue weighted by molar-refractivity contribution is 0.672. The van der Waals surface area contributed by atoms with Gasteiger partial charge in [-0.3, -0.25) is 0 Å². The summed E-state index contributed by atoms with van der Waals surface area (Å²) < 4.78 is 6.35. The molecule has 2 aromatic heterocycles. The van der Waals surface area contributed by atoms with E-state index < -0.39 is 0 Å². The molecule has 6 aromatic rings. The Balaban J connectivity index is 1.80. The summed E-state index contributed by atoms with van der Waals surface area (Å²) in [5.41, 5.74) is 6.24. The van der Waals surface area contributed by atoms with Gasteiger partial charge in [0.15, 0.2) is 0 Å². The third-order valence-electron chi connectivity index (χ3n) is 6.00. The number of rotatable bonds is 2. The maximum absolute atomic E-state index is 6.35. The molecule has 0 fully saturated rings. The van der Waals surface area contributed by atoms with E-state index in [0.717, 1.165) is 44.1 Å². The van der Waals surface area contributed by atoms with Crippen LogP contribution in [-0.2, 0) is 0 Å². The van der Waals surface area contributed by atoms with Crippen LogP contribution in [0.3, 0.4) is 0 Å². The van der Waals surface area contributed by atoms with Gasteiger partial charge in [-0.1, -0.05) is 68.4 Å². The van der Waals surface area contributed by atoms with Crippen LogP contribution in [0.2, 0.25) is 0 Å². The molecule has 6 rings (SSSR count). The number of hydrogen-bond donors (Lipinski definition) is 0. The fraction of sp³-hybridized carbons (Fsp3) is 0.107. The number of fused-ring (bicyclic) bond motifs is 6. The van der Waals surface area contributed by atoms with Crippen LogP contribution >= 0.6 is 0 Å². The van der Waals surface area contributed by atoms with E-state index in [2.05, 4.69) is 74.5 Å². The largest absolute Gasteiger partial charge is 0.455 e. The Morgan fingerprint density at radius 1 is 0.733 bits per heavy atom. The van der Waals surface area contributed by atoms with Crippen LogP contribution < -0.4 is 0 Å². The van der Waals surface area contributed by atoms with Gasteiger partial charge in [0.1, 0.15) is 11.2 Å². The molecule has 0 bridgehead atoms. The molecule has 0 aliphatic heterocycles. The molecule has 2 heterocycles. The van der Waals surface area contributed by atoms with Crippen molar-refractivity contribution in [3.8, 4) is 11.3 Å². The molecule has 30 heavy (non-hydrogen) atoms. The van der Waals surface area contributed by atoms with Crippen molar-refractivity contribution < 1.29 is 4.42 Å². The van der Waals surface area contributed by atoms with Gasteiger partial charge in [-0.25, -0.2) is 4.98 Å². The molecule has 144 valence electrons. The highest BCUT2D eigenvalue weighted by atomic mass is 16.3. The summed E-state index contributed by atoms with van der Waals surface area (Å²) in [7, 11) is 0. The summed E-state index contributed by atoms with van der Waals surface area (Å²) in [5.74, 6) is 0.423. The quantitative estimate of drug-likeness (QED) is 0.300. The van der Waals surface area contributed by atoms with Crippen molar-refractivity contribution in [2.45, 2.75) is 19.8 Å². The summed E-state index contributed by atoms with van der Waals surface area (Å²) in [6.07, 6.45) is 0. The van der Waals surface area contributed by atoms with Gasteiger partial charge < -0.3 is 4.42 Å². The van der Waals surface area contributed by atoms with Gasteiger partial charge in [0, 0.05) is 16.3 Å². The molecule has 0 aliphatic carbocycles. The molecule has 2 nitrogen and oxygen atoms in total. The van der Waals surface area contributed by atoms with Gasteiger partial charge in [-0.2, -0.15) is 0 Å². The van der Waals surface area contributed by atoms with Crippen molar-refractivity contribution in [3.05, 3.63) is 90.5 Å². The summed E-state index contributed by atoms with van der Waals surface area (Å²) in [4.78, 5) is 5.14. The average molecular weight is 387 g/mol. The third-order valence-corrected chi connectivity index (χ3v) is 6.00. The van der Waals surface area contributed by atoms with Gasteiger partial charge >= 0.3 is 0 Å². The molecule has 4 aromatic carbocycles. The lowest BCUT2D eigenvalue weighted by Crippen LogP contribution is -1.94. The highest BCUT2D eigenvalue weighted by molar-refractivity contribution is 6.19. The highest BCUT2D eigenvalue weighted by Gasteiger charge is 2.18. The first-order valence-corrected chi connectivity index (χ1v) is 10.4. The number of furan rings is 1. The standard InChI is InChI=1S/C28H21NO/c1-17(2)23-16-19(15-18-9-3-4-10-20(18)23)27-26-22-12-6-8-14-25(22)30-28(26)21-11-5-7-13-24(21)29-27/h3-17H,1-2H3. The lowest BCUT2D eigenvalue weighted by atomic mass is 9.91.